The van der Waals surface area contributed by atoms with Crippen LogP contribution in [0.4, 0.5) is 0 Å². The van der Waals surface area contributed by atoms with Crippen LogP contribution in [0.2, 0.25) is 0 Å². The molecule has 0 saturated carbocycles. The molecule has 0 unspecified atom stereocenters. The highest BCUT2D eigenvalue weighted by atomic mass is 32.2. The first kappa shape index (κ1) is 12.0. The Kier molecular flexibility index (Phi) is 4.15. The summed E-state index contributed by atoms with van der Waals surface area (Å²) in [6.07, 6.45) is 2.14. The second-order valence-electron chi connectivity index (χ2n) is 3.53. The van der Waals surface area contributed by atoms with Crippen LogP contribution >= 0.6 is 0 Å². The van der Waals surface area contributed by atoms with Gasteiger partial charge in [0.2, 0.25) is 0 Å². The van der Waals surface area contributed by atoms with Crippen molar-refractivity contribution < 1.29 is 13.2 Å². The maximum Gasteiger partial charge on any atom is 0.151 e. The first-order valence-electron chi connectivity index (χ1n) is 4.91. The Morgan fingerprint density at radius 2 is 1.93 bits per heavy atom. The summed E-state index contributed by atoms with van der Waals surface area (Å²) in [5.74, 6) is 0.706. The molecule has 1 rings (SSSR count). The highest BCUT2D eigenvalue weighted by Gasteiger charge is 2.09. The van der Waals surface area contributed by atoms with Crippen molar-refractivity contribution in [2.75, 3.05) is 12.9 Å². The van der Waals surface area contributed by atoms with Gasteiger partial charge < -0.3 is 4.74 Å². The van der Waals surface area contributed by atoms with Gasteiger partial charge in [0.05, 0.1) is 12.4 Å². The molecule has 3 nitrogen and oxygen atoms in total. The summed E-state index contributed by atoms with van der Waals surface area (Å²) in [5, 5.41) is 0. The highest BCUT2D eigenvalue weighted by molar-refractivity contribution is 7.89. The van der Waals surface area contributed by atoms with Gasteiger partial charge in [0.15, 0.2) is 9.84 Å². The van der Waals surface area contributed by atoms with Crippen molar-refractivity contribution in [3.63, 3.8) is 0 Å². The first-order valence-corrected chi connectivity index (χ1v) is 6.97. The Morgan fingerprint density at radius 1 is 1.27 bits per heavy atom. The number of hydrogen-bond acceptors (Lipinski definition) is 3. The molecule has 0 aliphatic heterocycles. The monoisotopic (exact) mass is 228 g/mol. The fourth-order valence-corrected chi connectivity index (χ4v) is 2.06. The quantitative estimate of drug-likeness (QED) is 0.774. The van der Waals surface area contributed by atoms with E-state index in [9.17, 15) is 8.42 Å². The molecule has 0 heterocycles. The molecule has 0 atom stereocenters. The van der Waals surface area contributed by atoms with Gasteiger partial charge >= 0.3 is 0 Å². The van der Waals surface area contributed by atoms with Crippen molar-refractivity contribution in [2.45, 2.75) is 19.1 Å². The van der Waals surface area contributed by atoms with Crippen LogP contribution in [-0.4, -0.2) is 21.3 Å². The van der Waals surface area contributed by atoms with Crippen LogP contribution < -0.4 is 4.74 Å². The summed E-state index contributed by atoms with van der Waals surface area (Å²) in [6, 6.07) is 7.25. The van der Waals surface area contributed by atoms with Gasteiger partial charge in [-0.05, 0) is 12.5 Å². The summed E-state index contributed by atoms with van der Waals surface area (Å²) in [7, 11) is -3.00. The van der Waals surface area contributed by atoms with Gasteiger partial charge in [-0.25, -0.2) is 8.42 Å². The summed E-state index contributed by atoms with van der Waals surface area (Å²) < 4.78 is 27.8. The first-order chi connectivity index (χ1) is 7.03. The molecule has 1 aromatic rings. The third-order valence-electron chi connectivity index (χ3n) is 1.85. The third-order valence-corrected chi connectivity index (χ3v) is 2.69. The van der Waals surface area contributed by atoms with E-state index in [1.165, 1.54) is 6.26 Å². The number of para-hydroxylation sites is 1. The Labute approximate surface area is 91.0 Å². The molecular weight excluding hydrogens is 212 g/mol. The van der Waals surface area contributed by atoms with E-state index in [1.807, 2.05) is 19.1 Å². The highest BCUT2D eigenvalue weighted by Crippen LogP contribution is 2.20. The van der Waals surface area contributed by atoms with Gasteiger partial charge in [-0.1, -0.05) is 25.1 Å². The van der Waals surface area contributed by atoms with Gasteiger partial charge in [0, 0.05) is 11.8 Å². The van der Waals surface area contributed by atoms with E-state index in [-0.39, 0.29) is 5.75 Å². The zero-order chi connectivity index (χ0) is 11.3. The van der Waals surface area contributed by atoms with Crippen LogP contribution in [0.3, 0.4) is 0 Å². The SMILES string of the molecule is CCCOc1ccccc1CS(C)(=O)=O. The average molecular weight is 228 g/mol. The minimum atomic E-state index is -3.00. The molecule has 84 valence electrons. The van der Waals surface area contributed by atoms with Crippen LogP contribution in [0.1, 0.15) is 18.9 Å². The maximum atomic E-state index is 11.2. The molecule has 0 saturated heterocycles. The number of hydrogen-bond donors (Lipinski definition) is 0. The molecule has 15 heavy (non-hydrogen) atoms. The normalized spacial score (nSPS) is 11.3. The number of sulfone groups is 1. The van der Waals surface area contributed by atoms with Gasteiger partial charge in [0.25, 0.3) is 0 Å². The van der Waals surface area contributed by atoms with Crippen LogP contribution in [0.15, 0.2) is 24.3 Å². The van der Waals surface area contributed by atoms with E-state index in [0.717, 1.165) is 12.0 Å². The van der Waals surface area contributed by atoms with E-state index in [0.29, 0.717) is 12.4 Å². The predicted molar refractivity (Wildman–Crippen MR) is 60.8 cm³/mol. The molecular formula is C11H16O3S. The maximum absolute atomic E-state index is 11.2. The third kappa shape index (κ3) is 4.34. The van der Waals surface area contributed by atoms with Crippen molar-refractivity contribution in [3.05, 3.63) is 29.8 Å². The minimum Gasteiger partial charge on any atom is -0.493 e. The molecule has 0 amide bonds. The van der Waals surface area contributed by atoms with E-state index in [4.69, 9.17) is 4.74 Å². The average Bonchev–Trinajstić information content (AvgIpc) is 2.14. The molecule has 0 bridgehead atoms. The summed E-state index contributed by atoms with van der Waals surface area (Å²) in [5.41, 5.74) is 0.730. The summed E-state index contributed by atoms with van der Waals surface area (Å²) in [6.45, 7) is 2.62. The number of benzene rings is 1. The van der Waals surface area contributed by atoms with E-state index < -0.39 is 9.84 Å². The molecule has 0 aliphatic carbocycles. The summed E-state index contributed by atoms with van der Waals surface area (Å²) >= 11 is 0. The van der Waals surface area contributed by atoms with Gasteiger partial charge in [-0.3, -0.25) is 0 Å². The van der Waals surface area contributed by atoms with Gasteiger partial charge in [-0.15, -0.1) is 0 Å². The van der Waals surface area contributed by atoms with Crippen molar-refractivity contribution in [3.8, 4) is 5.75 Å². The second kappa shape index (κ2) is 5.16. The Morgan fingerprint density at radius 3 is 2.53 bits per heavy atom. The minimum absolute atomic E-state index is 0.0346. The van der Waals surface area contributed by atoms with Gasteiger partial charge in [-0.2, -0.15) is 0 Å². The fraction of sp³-hybridized carbons (Fsp3) is 0.455. The molecule has 0 spiro atoms. The molecule has 0 radical (unpaired) electrons. The zero-order valence-electron chi connectivity index (χ0n) is 9.06. The van der Waals surface area contributed by atoms with E-state index in [2.05, 4.69) is 0 Å². The Bertz CT molecular complexity index is 410. The van der Waals surface area contributed by atoms with Crippen LogP contribution in [0, 0.1) is 0 Å². The zero-order valence-corrected chi connectivity index (χ0v) is 9.88. The Hall–Kier alpha value is -1.03. The van der Waals surface area contributed by atoms with E-state index >= 15 is 0 Å². The topological polar surface area (TPSA) is 43.4 Å². The van der Waals surface area contributed by atoms with E-state index in [1.54, 1.807) is 12.1 Å². The fourth-order valence-electron chi connectivity index (χ4n) is 1.26. The molecule has 0 aliphatic rings. The van der Waals surface area contributed by atoms with Gasteiger partial charge in [0.1, 0.15) is 5.75 Å². The predicted octanol–water partition coefficient (Wildman–Crippen LogP) is 2.02. The Balaban J connectivity index is 2.86. The summed E-state index contributed by atoms with van der Waals surface area (Å²) in [4.78, 5) is 0. The standard InChI is InChI=1S/C11H16O3S/c1-3-8-14-11-7-5-4-6-10(11)9-15(2,12)13/h4-7H,3,8-9H2,1-2H3. The molecule has 1 aromatic carbocycles. The molecule has 0 N–H and O–H groups in total. The lowest BCUT2D eigenvalue weighted by Gasteiger charge is -2.09. The number of rotatable bonds is 5. The molecule has 0 fully saturated rings. The van der Waals surface area contributed by atoms with Crippen molar-refractivity contribution >= 4 is 9.84 Å². The lowest BCUT2D eigenvalue weighted by atomic mass is 10.2. The van der Waals surface area contributed by atoms with Crippen LogP contribution in [-0.2, 0) is 15.6 Å². The van der Waals surface area contributed by atoms with Crippen LogP contribution in [0.5, 0.6) is 5.75 Å². The van der Waals surface area contributed by atoms with Crippen molar-refractivity contribution in [2.24, 2.45) is 0 Å². The van der Waals surface area contributed by atoms with Crippen molar-refractivity contribution in [1.29, 1.82) is 0 Å². The molecule has 0 aromatic heterocycles. The van der Waals surface area contributed by atoms with Crippen LogP contribution in [0.25, 0.3) is 0 Å². The largest absolute Gasteiger partial charge is 0.493 e. The lowest BCUT2D eigenvalue weighted by molar-refractivity contribution is 0.315. The molecule has 4 heteroatoms. The second-order valence-corrected chi connectivity index (χ2v) is 5.67. The number of ether oxygens (including phenoxy) is 1. The lowest BCUT2D eigenvalue weighted by Crippen LogP contribution is -2.04. The van der Waals surface area contributed by atoms with Crippen molar-refractivity contribution in [1.82, 2.24) is 0 Å². The smallest absolute Gasteiger partial charge is 0.151 e.